The fourth-order valence-corrected chi connectivity index (χ4v) is 3.15. The number of hydrogen-bond acceptors (Lipinski definition) is 4. The number of nitrogens with one attached hydrogen (secondary N) is 1. The Morgan fingerprint density at radius 2 is 2.15 bits per heavy atom. The number of nitrogens with zero attached hydrogens (tertiary/aromatic N) is 1. The van der Waals surface area contributed by atoms with Gasteiger partial charge in [-0.15, -0.1) is 0 Å². The Labute approximate surface area is 121 Å². The number of likely N-dealkylation sites (tertiary alicyclic amines) is 1. The largest absolute Gasteiger partial charge is 0.466 e. The van der Waals surface area contributed by atoms with Gasteiger partial charge in [-0.1, -0.05) is 6.92 Å². The molecule has 0 aliphatic carbocycles. The van der Waals surface area contributed by atoms with E-state index in [1.165, 1.54) is 0 Å². The summed E-state index contributed by atoms with van der Waals surface area (Å²) in [5, 5.41) is 3.31. The normalized spacial score (nSPS) is 30.9. The molecule has 0 saturated carbocycles. The van der Waals surface area contributed by atoms with Gasteiger partial charge in [0, 0.05) is 13.1 Å². The molecule has 0 aromatic carbocycles. The number of ether oxygens (including phenoxy) is 1. The average Bonchev–Trinajstić information content (AvgIpc) is 2.47. The lowest BCUT2D eigenvalue weighted by Crippen LogP contribution is -2.53. The third kappa shape index (κ3) is 3.72. The number of hydrogen-bond donors (Lipinski definition) is 1. The molecule has 0 aromatic rings. The first-order valence-corrected chi connectivity index (χ1v) is 7.80. The Hall–Kier alpha value is -1.10. The maximum absolute atomic E-state index is 12.5. The van der Waals surface area contributed by atoms with Gasteiger partial charge in [-0.3, -0.25) is 9.59 Å². The highest BCUT2D eigenvalue weighted by molar-refractivity contribution is 5.83. The lowest BCUT2D eigenvalue weighted by Gasteiger charge is -2.36. The molecule has 5 heteroatoms. The van der Waals surface area contributed by atoms with Gasteiger partial charge in [-0.2, -0.15) is 0 Å². The molecule has 2 rings (SSSR count). The third-order valence-electron chi connectivity index (χ3n) is 4.32. The lowest BCUT2D eigenvalue weighted by atomic mass is 9.92. The molecule has 1 N–H and O–H groups in total. The number of amides is 1. The first-order valence-electron chi connectivity index (χ1n) is 7.80. The molecule has 2 fully saturated rings. The van der Waals surface area contributed by atoms with Gasteiger partial charge in [-0.05, 0) is 45.1 Å². The van der Waals surface area contributed by atoms with Crippen molar-refractivity contribution >= 4 is 11.9 Å². The molecule has 2 heterocycles. The topological polar surface area (TPSA) is 58.6 Å². The minimum atomic E-state index is -0.157. The van der Waals surface area contributed by atoms with Crippen molar-refractivity contribution in [1.82, 2.24) is 10.2 Å². The summed E-state index contributed by atoms with van der Waals surface area (Å²) in [7, 11) is 0. The molecule has 2 aliphatic rings. The molecular weight excluding hydrogens is 256 g/mol. The molecule has 3 unspecified atom stereocenters. The molecule has 0 bridgehead atoms. The third-order valence-corrected chi connectivity index (χ3v) is 4.32. The van der Waals surface area contributed by atoms with Crippen LogP contribution in [0.3, 0.4) is 0 Å². The zero-order valence-electron chi connectivity index (χ0n) is 12.6. The molecule has 2 saturated heterocycles. The smallest absolute Gasteiger partial charge is 0.310 e. The van der Waals surface area contributed by atoms with Crippen molar-refractivity contribution in [2.45, 2.75) is 45.6 Å². The molecule has 114 valence electrons. The summed E-state index contributed by atoms with van der Waals surface area (Å²) in [6, 6.07) is -0.0697. The minimum absolute atomic E-state index is 0.0697. The van der Waals surface area contributed by atoms with E-state index in [-0.39, 0.29) is 23.8 Å². The van der Waals surface area contributed by atoms with Crippen molar-refractivity contribution in [2.75, 3.05) is 26.2 Å². The van der Waals surface area contributed by atoms with Gasteiger partial charge in [0.2, 0.25) is 5.91 Å². The van der Waals surface area contributed by atoms with E-state index in [1.54, 1.807) is 0 Å². The van der Waals surface area contributed by atoms with Gasteiger partial charge in [0.05, 0.1) is 18.6 Å². The van der Waals surface area contributed by atoms with E-state index in [0.29, 0.717) is 19.1 Å². The predicted octanol–water partition coefficient (Wildman–Crippen LogP) is 1.18. The standard InChI is InChI=1S/C15H26N2O3/c1-3-20-15(19)12-5-4-8-17(10-12)14(18)13-9-11(2)6-7-16-13/h11-13,16H,3-10H2,1-2H3. The summed E-state index contributed by atoms with van der Waals surface area (Å²) in [6.45, 7) is 6.61. The summed E-state index contributed by atoms with van der Waals surface area (Å²) in [5.74, 6) is 0.449. The van der Waals surface area contributed by atoms with E-state index < -0.39 is 0 Å². The zero-order valence-corrected chi connectivity index (χ0v) is 12.6. The SMILES string of the molecule is CCOC(=O)C1CCCN(C(=O)C2CC(C)CCN2)C1. The van der Waals surface area contributed by atoms with Crippen molar-refractivity contribution in [2.24, 2.45) is 11.8 Å². The predicted molar refractivity (Wildman–Crippen MR) is 76.1 cm³/mol. The van der Waals surface area contributed by atoms with Gasteiger partial charge < -0.3 is 15.0 Å². The second-order valence-corrected chi connectivity index (χ2v) is 6.01. The highest BCUT2D eigenvalue weighted by Gasteiger charge is 2.33. The Kier molecular flexibility index (Phi) is 5.40. The van der Waals surface area contributed by atoms with Crippen LogP contribution in [0.1, 0.15) is 39.5 Å². The summed E-state index contributed by atoms with van der Waals surface area (Å²) >= 11 is 0. The summed E-state index contributed by atoms with van der Waals surface area (Å²) in [4.78, 5) is 26.2. The Morgan fingerprint density at radius 1 is 1.35 bits per heavy atom. The van der Waals surface area contributed by atoms with E-state index in [2.05, 4.69) is 12.2 Å². The van der Waals surface area contributed by atoms with E-state index in [1.807, 2.05) is 11.8 Å². The van der Waals surface area contributed by atoms with Crippen LogP contribution in [0.25, 0.3) is 0 Å². The zero-order chi connectivity index (χ0) is 14.5. The maximum Gasteiger partial charge on any atom is 0.310 e. The Balaban J connectivity index is 1.91. The van der Waals surface area contributed by atoms with Crippen molar-refractivity contribution in [3.63, 3.8) is 0 Å². The van der Waals surface area contributed by atoms with Crippen LogP contribution in [0.5, 0.6) is 0 Å². The number of rotatable bonds is 3. The van der Waals surface area contributed by atoms with Crippen LogP contribution in [-0.2, 0) is 14.3 Å². The van der Waals surface area contributed by atoms with E-state index >= 15 is 0 Å². The second kappa shape index (κ2) is 7.07. The molecular formula is C15H26N2O3. The average molecular weight is 282 g/mol. The van der Waals surface area contributed by atoms with E-state index in [4.69, 9.17) is 4.74 Å². The van der Waals surface area contributed by atoms with Gasteiger partial charge in [-0.25, -0.2) is 0 Å². The molecule has 0 radical (unpaired) electrons. The van der Waals surface area contributed by atoms with Crippen molar-refractivity contribution < 1.29 is 14.3 Å². The van der Waals surface area contributed by atoms with Crippen LogP contribution in [0.15, 0.2) is 0 Å². The van der Waals surface area contributed by atoms with Crippen molar-refractivity contribution in [3.05, 3.63) is 0 Å². The second-order valence-electron chi connectivity index (χ2n) is 6.01. The first-order chi connectivity index (χ1) is 9.61. The van der Waals surface area contributed by atoms with Crippen LogP contribution < -0.4 is 5.32 Å². The lowest BCUT2D eigenvalue weighted by molar-refractivity contribution is -0.151. The molecule has 5 nitrogen and oxygen atoms in total. The summed E-state index contributed by atoms with van der Waals surface area (Å²) in [5.41, 5.74) is 0. The van der Waals surface area contributed by atoms with Gasteiger partial charge in [0.1, 0.15) is 0 Å². The highest BCUT2D eigenvalue weighted by Crippen LogP contribution is 2.22. The van der Waals surface area contributed by atoms with Crippen molar-refractivity contribution in [1.29, 1.82) is 0 Å². The first kappa shape index (κ1) is 15.3. The fourth-order valence-electron chi connectivity index (χ4n) is 3.15. The molecule has 0 spiro atoms. The van der Waals surface area contributed by atoms with Gasteiger partial charge in [0.15, 0.2) is 0 Å². The molecule has 0 aromatic heterocycles. The maximum atomic E-state index is 12.5. The number of carbonyl (C=O) groups excluding carboxylic acids is 2. The van der Waals surface area contributed by atoms with Crippen molar-refractivity contribution in [3.8, 4) is 0 Å². The van der Waals surface area contributed by atoms with Crippen LogP contribution in [-0.4, -0.2) is 49.1 Å². The number of esters is 1. The number of carbonyl (C=O) groups is 2. The molecule has 20 heavy (non-hydrogen) atoms. The number of piperidine rings is 2. The van der Waals surface area contributed by atoms with Crippen LogP contribution >= 0.6 is 0 Å². The summed E-state index contributed by atoms with van der Waals surface area (Å²) in [6.07, 6.45) is 3.75. The quantitative estimate of drug-likeness (QED) is 0.790. The fraction of sp³-hybridized carbons (Fsp3) is 0.867. The monoisotopic (exact) mass is 282 g/mol. The molecule has 3 atom stereocenters. The van der Waals surface area contributed by atoms with E-state index in [9.17, 15) is 9.59 Å². The minimum Gasteiger partial charge on any atom is -0.466 e. The van der Waals surface area contributed by atoms with Crippen LogP contribution in [0.2, 0.25) is 0 Å². The Bertz CT molecular complexity index is 359. The van der Waals surface area contributed by atoms with E-state index in [0.717, 1.165) is 38.8 Å². The van der Waals surface area contributed by atoms with Gasteiger partial charge in [0.25, 0.3) is 0 Å². The van der Waals surface area contributed by atoms with Crippen LogP contribution in [0, 0.1) is 11.8 Å². The van der Waals surface area contributed by atoms with Crippen LogP contribution in [0.4, 0.5) is 0 Å². The Morgan fingerprint density at radius 3 is 2.85 bits per heavy atom. The summed E-state index contributed by atoms with van der Waals surface area (Å²) < 4.78 is 5.08. The van der Waals surface area contributed by atoms with Gasteiger partial charge >= 0.3 is 5.97 Å². The molecule has 2 aliphatic heterocycles. The molecule has 1 amide bonds. The highest BCUT2D eigenvalue weighted by atomic mass is 16.5.